The lowest BCUT2D eigenvalue weighted by atomic mass is 9.92. The van der Waals surface area contributed by atoms with Gasteiger partial charge in [0.1, 0.15) is 6.04 Å². The molecule has 0 spiro atoms. The first-order valence-corrected chi connectivity index (χ1v) is 4.32. The van der Waals surface area contributed by atoms with Crippen LogP contribution >= 0.6 is 0 Å². The van der Waals surface area contributed by atoms with Crippen LogP contribution in [-0.4, -0.2) is 17.1 Å². The van der Waals surface area contributed by atoms with E-state index < -0.39 is 12.0 Å². The summed E-state index contributed by atoms with van der Waals surface area (Å²) in [5.41, 5.74) is 6.41. The first-order valence-electron chi connectivity index (χ1n) is 4.32. The average Bonchev–Trinajstić information content (AvgIpc) is 2.20. The van der Waals surface area contributed by atoms with Crippen molar-refractivity contribution in [3.63, 3.8) is 0 Å². The Balaban J connectivity index is 2.93. The van der Waals surface area contributed by atoms with Crippen molar-refractivity contribution in [2.45, 2.75) is 12.0 Å². The Morgan fingerprint density at radius 3 is 2.43 bits per heavy atom. The van der Waals surface area contributed by atoms with Gasteiger partial charge in [-0.15, -0.1) is 6.58 Å². The van der Waals surface area contributed by atoms with Crippen molar-refractivity contribution in [2.75, 3.05) is 0 Å². The first kappa shape index (κ1) is 10.5. The minimum Gasteiger partial charge on any atom is -0.480 e. The number of carbonyl (C=O) groups is 1. The van der Waals surface area contributed by atoms with E-state index in [1.165, 1.54) is 0 Å². The number of aliphatic carboxylic acids is 1. The second kappa shape index (κ2) is 4.58. The summed E-state index contributed by atoms with van der Waals surface area (Å²) in [5, 5.41) is 8.77. The van der Waals surface area contributed by atoms with Gasteiger partial charge < -0.3 is 10.8 Å². The van der Waals surface area contributed by atoms with E-state index in [1.807, 2.05) is 30.3 Å². The standard InChI is InChI=1S/C11H13NO2/c1-2-9(10(12)11(13)14)8-6-4-3-5-7-8/h2-7,9-10H,1,12H2,(H,13,14)/t9-,10+/m0/s1. The van der Waals surface area contributed by atoms with E-state index in [9.17, 15) is 4.79 Å². The number of rotatable bonds is 4. The predicted molar refractivity (Wildman–Crippen MR) is 55.0 cm³/mol. The molecule has 0 aliphatic heterocycles. The van der Waals surface area contributed by atoms with Gasteiger partial charge in [-0.2, -0.15) is 0 Å². The Kier molecular flexibility index (Phi) is 3.42. The Morgan fingerprint density at radius 1 is 1.43 bits per heavy atom. The Hall–Kier alpha value is -1.61. The van der Waals surface area contributed by atoms with Crippen molar-refractivity contribution in [3.8, 4) is 0 Å². The number of benzene rings is 1. The van der Waals surface area contributed by atoms with Crippen LogP contribution in [0.15, 0.2) is 43.0 Å². The quantitative estimate of drug-likeness (QED) is 0.706. The van der Waals surface area contributed by atoms with E-state index in [-0.39, 0.29) is 5.92 Å². The highest BCUT2D eigenvalue weighted by Gasteiger charge is 2.22. The van der Waals surface area contributed by atoms with Crippen LogP contribution in [0.3, 0.4) is 0 Å². The summed E-state index contributed by atoms with van der Waals surface area (Å²) >= 11 is 0. The summed E-state index contributed by atoms with van der Waals surface area (Å²) in [5.74, 6) is -1.35. The van der Waals surface area contributed by atoms with Crippen molar-refractivity contribution >= 4 is 5.97 Å². The van der Waals surface area contributed by atoms with Crippen LogP contribution < -0.4 is 5.73 Å². The molecule has 0 aromatic heterocycles. The normalized spacial score (nSPS) is 14.4. The molecule has 0 amide bonds. The van der Waals surface area contributed by atoms with E-state index in [2.05, 4.69) is 6.58 Å². The molecule has 0 saturated carbocycles. The van der Waals surface area contributed by atoms with Gasteiger partial charge in [-0.25, -0.2) is 0 Å². The molecule has 0 aliphatic carbocycles. The molecular formula is C11H13NO2. The monoisotopic (exact) mass is 191 g/mol. The van der Waals surface area contributed by atoms with Crippen LogP contribution in [0.25, 0.3) is 0 Å². The maximum absolute atomic E-state index is 10.7. The van der Waals surface area contributed by atoms with Crippen molar-refractivity contribution in [2.24, 2.45) is 5.73 Å². The summed E-state index contributed by atoms with van der Waals surface area (Å²) in [6, 6.07) is 8.32. The number of nitrogens with two attached hydrogens (primary N) is 1. The second-order valence-electron chi connectivity index (χ2n) is 3.04. The smallest absolute Gasteiger partial charge is 0.321 e. The number of hydrogen-bond acceptors (Lipinski definition) is 2. The van der Waals surface area contributed by atoms with Crippen LogP contribution in [0.1, 0.15) is 11.5 Å². The maximum Gasteiger partial charge on any atom is 0.321 e. The maximum atomic E-state index is 10.7. The van der Waals surface area contributed by atoms with Gasteiger partial charge in [0.2, 0.25) is 0 Å². The lowest BCUT2D eigenvalue weighted by Gasteiger charge is -2.16. The van der Waals surface area contributed by atoms with Gasteiger partial charge in [-0.05, 0) is 5.56 Å². The molecule has 0 saturated heterocycles. The van der Waals surface area contributed by atoms with Crippen LogP contribution in [0.4, 0.5) is 0 Å². The third-order valence-corrected chi connectivity index (χ3v) is 2.11. The minimum atomic E-state index is -1.02. The Morgan fingerprint density at radius 2 is 2.00 bits per heavy atom. The van der Waals surface area contributed by atoms with Gasteiger partial charge in [0.05, 0.1) is 0 Å². The molecule has 3 N–H and O–H groups in total. The molecule has 1 aromatic rings. The zero-order valence-electron chi connectivity index (χ0n) is 7.76. The van der Waals surface area contributed by atoms with Crippen LogP contribution in [0, 0.1) is 0 Å². The lowest BCUT2D eigenvalue weighted by Crippen LogP contribution is -2.35. The molecule has 74 valence electrons. The average molecular weight is 191 g/mol. The fourth-order valence-corrected chi connectivity index (χ4v) is 1.32. The molecule has 0 fully saturated rings. The predicted octanol–water partition coefficient (Wildman–Crippen LogP) is 1.37. The van der Waals surface area contributed by atoms with E-state index in [0.717, 1.165) is 5.56 Å². The van der Waals surface area contributed by atoms with Gasteiger partial charge in [-0.3, -0.25) is 4.79 Å². The Bertz CT molecular complexity index is 321. The molecule has 0 bridgehead atoms. The highest BCUT2D eigenvalue weighted by molar-refractivity contribution is 5.75. The largest absolute Gasteiger partial charge is 0.480 e. The molecule has 0 radical (unpaired) electrons. The summed E-state index contributed by atoms with van der Waals surface area (Å²) in [6.07, 6.45) is 1.56. The molecule has 0 aliphatic rings. The van der Waals surface area contributed by atoms with Crippen molar-refractivity contribution < 1.29 is 9.90 Å². The second-order valence-corrected chi connectivity index (χ2v) is 3.04. The van der Waals surface area contributed by atoms with E-state index in [0.29, 0.717) is 0 Å². The molecule has 1 rings (SSSR count). The van der Waals surface area contributed by atoms with Crippen molar-refractivity contribution in [3.05, 3.63) is 48.6 Å². The molecule has 3 heteroatoms. The highest BCUT2D eigenvalue weighted by atomic mass is 16.4. The molecule has 3 nitrogen and oxygen atoms in total. The Labute approximate surface area is 82.9 Å². The van der Waals surface area contributed by atoms with E-state index >= 15 is 0 Å². The van der Waals surface area contributed by atoms with Crippen molar-refractivity contribution in [1.29, 1.82) is 0 Å². The third-order valence-electron chi connectivity index (χ3n) is 2.11. The SMILES string of the molecule is C=C[C@@H](c1ccccc1)[C@@H](N)C(=O)O. The highest BCUT2D eigenvalue weighted by Crippen LogP contribution is 2.19. The van der Waals surface area contributed by atoms with E-state index in [1.54, 1.807) is 6.08 Å². The molecule has 0 unspecified atom stereocenters. The molecule has 2 atom stereocenters. The van der Waals surface area contributed by atoms with Gasteiger partial charge >= 0.3 is 5.97 Å². The van der Waals surface area contributed by atoms with Crippen LogP contribution in [-0.2, 0) is 4.79 Å². The van der Waals surface area contributed by atoms with E-state index in [4.69, 9.17) is 10.8 Å². The summed E-state index contributed by atoms with van der Waals surface area (Å²) < 4.78 is 0. The van der Waals surface area contributed by atoms with Crippen LogP contribution in [0.5, 0.6) is 0 Å². The number of carboxylic acids is 1. The lowest BCUT2D eigenvalue weighted by molar-refractivity contribution is -0.138. The zero-order chi connectivity index (χ0) is 10.6. The molecule has 1 aromatic carbocycles. The molecular weight excluding hydrogens is 178 g/mol. The summed E-state index contributed by atoms with van der Waals surface area (Å²) in [4.78, 5) is 10.7. The van der Waals surface area contributed by atoms with Crippen LogP contribution in [0.2, 0.25) is 0 Å². The van der Waals surface area contributed by atoms with Gasteiger partial charge in [0, 0.05) is 5.92 Å². The number of carboxylic acid groups (broad SMARTS) is 1. The van der Waals surface area contributed by atoms with Gasteiger partial charge in [-0.1, -0.05) is 36.4 Å². The molecule has 0 heterocycles. The summed E-state index contributed by atoms with van der Waals surface area (Å²) in [6.45, 7) is 3.60. The number of hydrogen-bond donors (Lipinski definition) is 2. The topological polar surface area (TPSA) is 63.3 Å². The molecule has 14 heavy (non-hydrogen) atoms. The fraction of sp³-hybridized carbons (Fsp3) is 0.182. The first-order chi connectivity index (χ1) is 6.66. The summed E-state index contributed by atoms with van der Waals surface area (Å²) in [7, 11) is 0. The van der Waals surface area contributed by atoms with Gasteiger partial charge in [0.25, 0.3) is 0 Å². The third kappa shape index (κ3) is 2.20. The van der Waals surface area contributed by atoms with Gasteiger partial charge in [0.15, 0.2) is 0 Å². The zero-order valence-corrected chi connectivity index (χ0v) is 7.76. The van der Waals surface area contributed by atoms with Crippen molar-refractivity contribution in [1.82, 2.24) is 0 Å². The minimum absolute atomic E-state index is 0.339. The fourth-order valence-electron chi connectivity index (χ4n) is 1.32.